The molecule has 2 nitrogen and oxygen atoms in total. The highest BCUT2D eigenvalue weighted by atomic mass is 16.1. The number of amides is 1. The van der Waals surface area contributed by atoms with E-state index in [1.54, 1.807) is 0 Å². The maximum atomic E-state index is 11.1. The highest BCUT2D eigenvalue weighted by molar-refractivity contribution is 5.91. The number of allylic oxidation sites excluding steroid dienone is 1. The largest absolute Gasteiger partial charge is 0.366 e. The molecule has 0 aliphatic heterocycles. The first-order chi connectivity index (χ1) is 7.22. The van der Waals surface area contributed by atoms with Crippen molar-refractivity contribution in [3.05, 3.63) is 11.6 Å². The summed E-state index contributed by atoms with van der Waals surface area (Å²) in [6, 6.07) is 0. The first kappa shape index (κ1) is 14.2. The van der Waals surface area contributed by atoms with E-state index in [-0.39, 0.29) is 5.91 Å². The summed E-state index contributed by atoms with van der Waals surface area (Å²) >= 11 is 0. The third-order valence-electron chi connectivity index (χ3n) is 2.56. The molecule has 0 atom stereocenters. The van der Waals surface area contributed by atoms with E-state index in [2.05, 4.69) is 13.8 Å². The molecule has 15 heavy (non-hydrogen) atoms. The van der Waals surface area contributed by atoms with E-state index in [0.717, 1.165) is 24.8 Å². The highest BCUT2D eigenvalue weighted by Gasteiger charge is 2.03. The quantitative estimate of drug-likeness (QED) is 0.460. The van der Waals surface area contributed by atoms with E-state index < -0.39 is 0 Å². The minimum absolute atomic E-state index is 0.234. The summed E-state index contributed by atoms with van der Waals surface area (Å²) in [7, 11) is 0. The van der Waals surface area contributed by atoms with Gasteiger partial charge in [-0.3, -0.25) is 4.79 Å². The van der Waals surface area contributed by atoms with Gasteiger partial charge in [0.2, 0.25) is 5.91 Å². The van der Waals surface area contributed by atoms with Crippen molar-refractivity contribution in [2.24, 2.45) is 5.73 Å². The van der Waals surface area contributed by atoms with Crippen molar-refractivity contribution in [2.75, 3.05) is 0 Å². The lowest BCUT2D eigenvalue weighted by atomic mass is 10.0. The molecule has 88 valence electrons. The Balaban J connectivity index is 3.85. The first-order valence-corrected chi connectivity index (χ1v) is 6.21. The molecule has 0 unspecified atom stereocenters. The van der Waals surface area contributed by atoms with Gasteiger partial charge in [0.1, 0.15) is 0 Å². The van der Waals surface area contributed by atoms with Crippen LogP contribution in [0.1, 0.15) is 65.2 Å². The van der Waals surface area contributed by atoms with Crippen molar-refractivity contribution in [1.82, 2.24) is 0 Å². The molecule has 2 heteroatoms. The molecule has 0 saturated heterocycles. The number of hydrogen-bond acceptors (Lipinski definition) is 1. The standard InChI is InChI=1S/C13H25NO/c1-3-5-7-9-11-12(13(14)15)10-8-6-4-2/h11H,3-10H2,1-2H3,(H2,14,15). The number of carbonyl (C=O) groups excluding carboxylic acids is 1. The lowest BCUT2D eigenvalue weighted by Gasteiger charge is -2.02. The van der Waals surface area contributed by atoms with Crippen LogP contribution in [0.5, 0.6) is 0 Å². The SMILES string of the molecule is CCCCCC=C(CCCCC)C(N)=O. The summed E-state index contributed by atoms with van der Waals surface area (Å²) in [6.07, 6.45) is 11.0. The topological polar surface area (TPSA) is 43.1 Å². The molecule has 1 amide bonds. The van der Waals surface area contributed by atoms with E-state index >= 15 is 0 Å². The van der Waals surface area contributed by atoms with Crippen molar-refractivity contribution in [1.29, 1.82) is 0 Å². The van der Waals surface area contributed by atoms with Gasteiger partial charge in [0.15, 0.2) is 0 Å². The molecule has 0 aromatic heterocycles. The summed E-state index contributed by atoms with van der Waals surface area (Å²) in [6.45, 7) is 4.34. The second-order valence-electron chi connectivity index (χ2n) is 4.05. The Labute approximate surface area is 93.9 Å². The second-order valence-corrected chi connectivity index (χ2v) is 4.05. The van der Waals surface area contributed by atoms with Crippen LogP contribution in [0.4, 0.5) is 0 Å². The Morgan fingerprint density at radius 3 is 2.20 bits per heavy atom. The molecule has 0 fully saturated rings. The average molecular weight is 211 g/mol. The fraction of sp³-hybridized carbons (Fsp3) is 0.769. The van der Waals surface area contributed by atoms with Crippen LogP contribution in [0.3, 0.4) is 0 Å². The maximum Gasteiger partial charge on any atom is 0.244 e. The van der Waals surface area contributed by atoms with E-state index in [0.29, 0.717) is 0 Å². The Morgan fingerprint density at radius 2 is 1.67 bits per heavy atom. The molecule has 0 spiro atoms. The Hall–Kier alpha value is -0.790. The monoisotopic (exact) mass is 211 g/mol. The third-order valence-corrected chi connectivity index (χ3v) is 2.56. The predicted octanol–water partition coefficient (Wildman–Crippen LogP) is 3.56. The van der Waals surface area contributed by atoms with Gasteiger partial charge in [-0.15, -0.1) is 0 Å². The molecule has 0 saturated carbocycles. The summed E-state index contributed by atoms with van der Waals surface area (Å²) in [4.78, 5) is 11.1. The van der Waals surface area contributed by atoms with Gasteiger partial charge in [-0.1, -0.05) is 45.6 Å². The molecule has 2 N–H and O–H groups in total. The van der Waals surface area contributed by atoms with Gasteiger partial charge in [0.05, 0.1) is 0 Å². The lowest BCUT2D eigenvalue weighted by Crippen LogP contribution is -2.14. The van der Waals surface area contributed by atoms with Crippen molar-refractivity contribution >= 4 is 5.91 Å². The minimum Gasteiger partial charge on any atom is -0.366 e. The summed E-state index contributed by atoms with van der Waals surface area (Å²) < 4.78 is 0. The van der Waals surface area contributed by atoms with Gasteiger partial charge in [0.25, 0.3) is 0 Å². The second kappa shape index (κ2) is 9.75. The number of carbonyl (C=O) groups is 1. The molecular formula is C13H25NO. The van der Waals surface area contributed by atoms with Gasteiger partial charge in [-0.25, -0.2) is 0 Å². The van der Waals surface area contributed by atoms with Crippen LogP contribution in [-0.4, -0.2) is 5.91 Å². The van der Waals surface area contributed by atoms with Crippen LogP contribution in [0, 0.1) is 0 Å². The summed E-state index contributed by atoms with van der Waals surface area (Å²) in [5, 5.41) is 0. The predicted molar refractivity (Wildman–Crippen MR) is 65.6 cm³/mol. The van der Waals surface area contributed by atoms with Crippen LogP contribution in [0.15, 0.2) is 11.6 Å². The fourth-order valence-corrected chi connectivity index (χ4v) is 1.56. The van der Waals surface area contributed by atoms with Crippen LogP contribution in [-0.2, 0) is 4.79 Å². The van der Waals surface area contributed by atoms with Crippen LogP contribution >= 0.6 is 0 Å². The first-order valence-electron chi connectivity index (χ1n) is 6.21. The Morgan fingerprint density at radius 1 is 1.07 bits per heavy atom. The molecule has 0 bridgehead atoms. The van der Waals surface area contributed by atoms with Gasteiger partial charge < -0.3 is 5.73 Å². The van der Waals surface area contributed by atoms with E-state index in [1.165, 1.54) is 32.1 Å². The molecule has 0 rings (SSSR count). The molecule has 0 heterocycles. The number of unbranched alkanes of at least 4 members (excludes halogenated alkanes) is 5. The smallest absolute Gasteiger partial charge is 0.244 e. The number of nitrogens with two attached hydrogens (primary N) is 1. The number of primary amides is 1. The third kappa shape index (κ3) is 8.22. The zero-order valence-corrected chi connectivity index (χ0v) is 10.2. The molecular weight excluding hydrogens is 186 g/mol. The highest BCUT2D eigenvalue weighted by Crippen LogP contribution is 2.11. The molecule has 0 aliphatic carbocycles. The van der Waals surface area contributed by atoms with Crippen molar-refractivity contribution < 1.29 is 4.79 Å². The number of hydrogen-bond donors (Lipinski definition) is 1. The lowest BCUT2D eigenvalue weighted by molar-refractivity contribution is -0.114. The molecule has 0 aliphatic rings. The molecule has 0 radical (unpaired) electrons. The van der Waals surface area contributed by atoms with Crippen molar-refractivity contribution in [2.45, 2.75) is 65.2 Å². The van der Waals surface area contributed by atoms with Crippen molar-refractivity contribution in [3.63, 3.8) is 0 Å². The van der Waals surface area contributed by atoms with Crippen LogP contribution < -0.4 is 5.73 Å². The Bertz CT molecular complexity index is 197. The number of rotatable bonds is 9. The zero-order chi connectivity index (χ0) is 11.5. The van der Waals surface area contributed by atoms with Gasteiger partial charge in [0, 0.05) is 5.57 Å². The van der Waals surface area contributed by atoms with Gasteiger partial charge >= 0.3 is 0 Å². The summed E-state index contributed by atoms with van der Waals surface area (Å²) in [5.41, 5.74) is 6.16. The van der Waals surface area contributed by atoms with E-state index in [1.807, 2.05) is 6.08 Å². The summed E-state index contributed by atoms with van der Waals surface area (Å²) in [5.74, 6) is -0.234. The molecule has 0 aromatic rings. The minimum atomic E-state index is -0.234. The van der Waals surface area contributed by atoms with Gasteiger partial charge in [-0.05, 0) is 25.7 Å². The zero-order valence-electron chi connectivity index (χ0n) is 10.2. The Kier molecular flexibility index (Phi) is 9.24. The van der Waals surface area contributed by atoms with E-state index in [4.69, 9.17) is 5.73 Å². The van der Waals surface area contributed by atoms with E-state index in [9.17, 15) is 4.79 Å². The normalized spacial score (nSPS) is 11.7. The van der Waals surface area contributed by atoms with Crippen molar-refractivity contribution in [3.8, 4) is 0 Å². The van der Waals surface area contributed by atoms with Crippen LogP contribution in [0.2, 0.25) is 0 Å². The van der Waals surface area contributed by atoms with Crippen LogP contribution in [0.25, 0.3) is 0 Å². The average Bonchev–Trinajstić information content (AvgIpc) is 2.21. The maximum absolute atomic E-state index is 11.1. The van der Waals surface area contributed by atoms with Gasteiger partial charge in [-0.2, -0.15) is 0 Å². The fourth-order valence-electron chi connectivity index (χ4n) is 1.56. The molecule has 0 aromatic carbocycles.